The predicted octanol–water partition coefficient (Wildman–Crippen LogP) is -0.209. The minimum atomic E-state index is -1.32. The zero-order valence-corrected chi connectivity index (χ0v) is 11.2. The number of aliphatic hydroxyl groups is 1. The predicted molar refractivity (Wildman–Crippen MR) is 62.9 cm³/mol. The number of carbonyl (C=O) groups excluding carboxylic acids is 1. The fourth-order valence-corrected chi connectivity index (χ4v) is 1.96. The third-order valence-electron chi connectivity index (χ3n) is 2.80. The summed E-state index contributed by atoms with van der Waals surface area (Å²) in [6.07, 6.45) is -2.48. The van der Waals surface area contributed by atoms with Crippen LogP contribution >= 0.6 is 0 Å². The van der Waals surface area contributed by atoms with E-state index in [4.69, 9.17) is 14.2 Å². The summed E-state index contributed by atoms with van der Waals surface area (Å²) in [5.74, 6) is -0.671. The zero-order valence-electron chi connectivity index (χ0n) is 11.2. The number of epoxide rings is 1. The number of esters is 1. The van der Waals surface area contributed by atoms with Crippen molar-refractivity contribution in [3.63, 3.8) is 0 Å². The van der Waals surface area contributed by atoms with Crippen molar-refractivity contribution in [1.82, 2.24) is 5.32 Å². The van der Waals surface area contributed by atoms with E-state index in [0.717, 1.165) is 0 Å². The van der Waals surface area contributed by atoms with Gasteiger partial charge < -0.3 is 19.3 Å². The van der Waals surface area contributed by atoms with Crippen LogP contribution in [0.4, 0.5) is 0 Å². The molecule has 2 fully saturated rings. The summed E-state index contributed by atoms with van der Waals surface area (Å²) in [6.45, 7) is 7.79. The number of hydrogen-bond acceptors (Lipinski definition) is 6. The first-order valence-corrected chi connectivity index (χ1v) is 6.23. The van der Waals surface area contributed by atoms with Crippen LogP contribution in [-0.4, -0.2) is 53.9 Å². The lowest BCUT2D eigenvalue weighted by atomic mass is 10.1. The average Bonchev–Trinajstić information content (AvgIpc) is 2.98. The van der Waals surface area contributed by atoms with Gasteiger partial charge in [-0.2, -0.15) is 0 Å². The minimum Gasteiger partial charge on any atom is -0.458 e. The van der Waals surface area contributed by atoms with E-state index in [1.807, 2.05) is 6.92 Å². The van der Waals surface area contributed by atoms with Gasteiger partial charge >= 0.3 is 5.97 Å². The zero-order chi connectivity index (χ0) is 13.5. The van der Waals surface area contributed by atoms with Crippen LogP contribution in [0.3, 0.4) is 0 Å². The van der Waals surface area contributed by atoms with Crippen LogP contribution in [0.5, 0.6) is 0 Å². The molecule has 0 aromatic carbocycles. The molecule has 0 spiro atoms. The Kier molecular flexibility index (Phi) is 3.64. The second-order valence-electron chi connectivity index (χ2n) is 5.82. The van der Waals surface area contributed by atoms with Crippen LogP contribution in [0.15, 0.2) is 0 Å². The summed E-state index contributed by atoms with van der Waals surface area (Å²) in [5.41, 5.74) is -0.629. The number of aliphatic hydroxyl groups excluding tert-OH is 1. The molecular formula is C12H21NO5. The summed E-state index contributed by atoms with van der Waals surface area (Å²) in [7, 11) is 0. The van der Waals surface area contributed by atoms with Gasteiger partial charge in [0.1, 0.15) is 24.0 Å². The van der Waals surface area contributed by atoms with Crippen molar-refractivity contribution in [3.8, 4) is 0 Å². The molecule has 0 aromatic rings. The molecule has 5 atom stereocenters. The molecule has 2 aliphatic heterocycles. The smallest absolute Gasteiger partial charge is 0.338 e. The first-order chi connectivity index (χ1) is 8.28. The monoisotopic (exact) mass is 259 g/mol. The normalized spacial score (nSPS) is 37.4. The molecule has 2 saturated heterocycles. The van der Waals surface area contributed by atoms with Crippen LogP contribution < -0.4 is 5.32 Å². The van der Waals surface area contributed by atoms with Crippen molar-refractivity contribution >= 4 is 5.97 Å². The van der Waals surface area contributed by atoms with E-state index in [2.05, 4.69) is 5.32 Å². The van der Waals surface area contributed by atoms with Gasteiger partial charge in [0.05, 0.1) is 6.10 Å². The quantitative estimate of drug-likeness (QED) is 0.527. The summed E-state index contributed by atoms with van der Waals surface area (Å²) < 4.78 is 16.1. The highest BCUT2D eigenvalue weighted by Crippen LogP contribution is 2.30. The van der Waals surface area contributed by atoms with Gasteiger partial charge in [0.15, 0.2) is 6.10 Å². The van der Waals surface area contributed by atoms with E-state index in [9.17, 15) is 9.90 Å². The highest BCUT2D eigenvalue weighted by Gasteiger charge is 2.53. The largest absolute Gasteiger partial charge is 0.458 e. The third-order valence-corrected chi connectivity index (χ3v) is 2.80. The molecule has 0 bridgehead atoms. The first-order valence-electron chi connectivity index (χ1n) is 6.23. The molecule has 2 rings (SSSR count). The van der Waals surface area contributed by atoms with Gasteiger partial charge in [-0.1, -0.05) is 0 Å². The first kappa shape index (κ1) is 13.7. The molecule has 0 aliphatic carbocycles. The van der Waals surface area contributed by atoms with Gasteiger partial charge in [0, 0.05) is 6.54 Å². The fourth-order valence-electron chi connectivity index (χ4n) is 1.96. The maximum Gasteiger partial charge on any atom is 0.338 e. The second kappa shape index (κ2) is 4.77. The summed E-state index contributed by atoms with van der Waals surface area (Å²) in [5, 5.41) is 13.2. The van der Waals surface area contributed by atoms with Crippen molar-refractivity contribution in [1.29, 1.82) is 0 Å². The summed E-state index contributed by atoms with van der Waals surface area (Å²) in [4.78, 5) is 11.8. The fraction of sp³-hybridized carbons (Fsp3) is 0.917. The Morgan fingerprint density at radius 3 is 2.72 bits per heavy atom. The van der Waals surface area contributed by atoms with Crippen molar-refractivity contribution in [3.05, 3.63) is 0 Å². The molecule has 104 valence electrons. The Labute approximate surface area is 107 Å². The van der Waals surface area contributed by atoms with Crippen molar-refractivity contribution < 1.29 is 24.1 Å². The van der Waals surface area contributed by atoms with Crippen LogP contribution in [-0.2, 0) is 19.0 Å². The number of hydrogen-bond donors (Lipinski definition) is 2. The highest BCUT2D eigenvalue weighted by molar-refractivity contribution is 5.75. The number of ether oxygens (including phenoxy) is 3. The minimum absolute atomic E-state index is 0.0801. The topological polar surface area (TPSA) is 80.3 Å². The Bertz CT molecular complexity index is 325. The van der Waals surface area contributed by atoms with Crippen LogP contribution in [0, 0.1) is 0 Å². The number of fused-ring (bicyclic) bond motifs is 1. The summed E-state index contributed by atoms with van der Waals surface area (Å²) in [6, 6.07) is 0. The Morgan fingerprint density at radius 2 is 2.11 bits per heavy atom. The van der Waals surface area contributed by atoms with E-state index in [1.165, 1.54) is 0 Å². The SMILES string of the molecule is CC1CNC2OC2C(C(O)C(=O)OC(C)(C)C)O1. The van der Waals surface area contributed by atoms with Crippen LogP contribution in [0.25, 0.3) is 0 Å². The van der Waals surface area contributed by atoms with Crippen molar-refractivity contribution in [2.24, 2.45) is 0 Å². The van der Waals surface area contributed by atoms with Crippen LogP contribution in [0.2, 0.25) is 0 Å². The maximum atomic E-state index is 11.8. The van der Waals surface area contributed by atoms with E-state index >= 15 is 0 Å². The van der Waals surface area contributed by atoms with Crippen LogP contribution in [0.1, 0.15) is 27.7 Å². The van der Waals surface area contributed by atoms with Gasteiger partial charge in [-0.3, -0.25) is 5.32 Å². The van der Waals surface area contributed by atoms with E-state index in [0.29, 0.717) is 6.54 Å². The van der Waals surface area contributed by atoms with E-state index in [-0.39, 0.29) is 18.4 Å². The van der Waals surface area contributed by atoms with Gasteiger partial charge in [0.2, 0.25) is 0 Å². The molecule has 0 saturated carbocycles. The van der Waals surface area contributed by atoms with Crippen molar-refractivity contribution in [2.45, 2.75) is 63.9 Å². The molecular weight excluding hydrogens is 238 g/mol. The lowest BCUT2D eigenvalue weighted by molar-refractivity contribution is -0.176. The molecule has 5 unspecified atom stereocenters. The number of nitrogens with one attached hydrogen (secondary N) is 1. The van der Waals surface area contributed by atoms with Gasteiger partial charge in [-0.25, -0.2) is 4.79 Å². The number of rotatable bonds is 2. The van der Waals surface area contributed by atoms with Crippen molar-refractivity contribution in [2.75, 3.05) is 6.54 Å². The van der Waals surface area contributed by atoms with E-state index < -0.39 is 23.8 Å². The average molecular weight is 259 g/mol. The highest BCUT2D eigenvalue weighted by atomic mass is 16.6. The number of carbonyl (C=O) groups is 1. The summed E-state index contributed by atoms with van der Waals surface area (Å²) >= 11 is 0. The Morgan fingerprint density at radius 1 is 1.44 bits per heavy atom. The third kappa shape index (κ3) is 3.20. The molecule has 18 heavy (non-hydrogen) atoms. The standard InChI is InChI=1S/C12H21NO5/c1-6-5-13-10-9(17-10)8(16-6)7(14)11(15)18-12(2,3)4/h6-10,13-14H,5H2,1-4H3. The molecule has 2 heterocycles. The van der Waals surface area contributed by atoms with Gasteiger partial charge in [0.25, 0.3) is 0 Å². The Hall–Kier alpha value is -0.690. The van der Waals surface area contributed by atoms with E-state index in [1.54, 1.807) is 20.8 Å². The van der Waals surface area contributed by atoms with Gasteiger partial charge in [-0.05, 0) is 27.7 Å². The molecule has 2 N–H and O–H groups in total. The maximum absolute atomic E-state index is 11.8. The lowest BCUT2D eigenvalue weighted by Gasteiger charge is -2.26. The molecule has 2 aliphatic rings. The molecule has 0 amide bonds. The van der Waals surface area contributed by atoms with Gasteiger partial charge in [-0.15, -0.1) is 0 Å². The molecule has 6 heteroatoms. The Balaban J connectivity index is 1.98. The lowest BCUT2D eigenvalue weighted by Crippen LogP contribution is -2.44. The molecule has 6 nitrogen and oxygen atoms in total. The molecule has 0 aromatic heterocycles. The second-order valence-corrected chi connectivity index (χ2v) is 5.82. The molecule has 0 radical (unpaired) electrons.